The van der Waals surface area contributed by atoms with E-state index in [0.29, 0.717) is 0 Å². The highest BCUT2D eigenvalue weighted by Gasteiger charge is 2.16. The first-order valence-electron chi connectivity index (χ1n) is 5.67. The van der Waals surface area contributed by atoms with Gasteiger partial charge in [0.15, 0.2) is 0 Å². The minimum absolute atomic E-state index is 0.121. The van der Waals surface area contributed by atoms with Gasteiger partial charge in [-0.25, -0.2) is 4.98 Å². The van der Waals surface area contributed by atoms with E-state index in [1.54, 1.807) is 22.7 Å². The maximum atomic E-state index is 5.69. The molecule has 3 N–H and O–H groups in total. The number of imidazole rings is 1. The Morgan fingerprint density at radius 3 is 3.06 bits per heavy atom. The van der Waals surface area contributed by atoms with E-state index in [2.05, 4.69) is 27.9 Å². The van der Waals surface area contributed by atoms with Crippen LogP contribution in [-0.2, 0) is 13.5 Å². The summed E-state index contributed by atoms with van der Waals surface area (Å²) in [7, 11) is 2.00. The summed E-state index contributed by atoms with van der Waals surface area (Å²) < 4.78 is 4.69. The van der Waals surface area contributed by atoms with Gasteiger partial charge in [0.2, 0.25) is 0 Å². The van der Waals surface area contributed by atoms with Crippen molar-refractivity contribution in [1.29, 1.82) is 0 Å². The standard InChI is InChI=1S/C12H14N4S2/c1-16-4-3-14-12(16)6-8(15-13)10-7-11-9(18-10)2-5-17-11/h2-5,7-8,15H,6,13H2,1H3. The lowest BCUT2D eigenvalue weighted by Gasteiger charge is -2.13. The van der Waals surface area contributed by atoms with E-state index in [9.17, 15) is 0 Å². The van der Waals surface area contributed by atoms with Crippen LogP contribution in [0.15, 0.2) is 29.9 Å². The molecule has 1 atom stereocenters. The van der Waals surface area contributed by atoms with E-state index >= 15 is 0 Å². The zero-order chi connectivity index (χ0) is 12.5. The Hall–Kier alpha value is -1.21. The number of nitrogens with one attached hydrogen (secondary N) is 1. The minimum Gasteiger partial charge on any atom is -0.338 e. The quantitative estimate of drug-likeness (QED) is 0.569. The monoisotopic (exact) mass is 278 g/mol. The first-order valence-corrected chi connectivity index (χ1v) is 7.37. The molecule has 0 saturated carbocycles. The number of aromatic nitrogens is 2. The predicted molar refractivity (Wildman–Crippen MR) is 76.7 cm³/mol. The number of thiophene rings is 2. The van der Waals surface area contributed by atoms with Gasteiger partial charge < -0.3 is 4.57 Å². The van der Waals surface area contributed by atoms with E-state index in [4.69, 9.17) is 5.84 Å². The van der Waals surface area contributed by atoms with Crippen molar-refractivity contribution in [2.75, 3.05) is 0 Å². The number of hydrogen-bond acceptors (Lipinski definition) is 5. The molecule has 0 radical (unpaired) electrons. The highest BCUT2D eigenvalue weighted by Crippen LogP contribution is 2.34. The molecule has 94 valence electrons. The number of nitrogens with two attached hydrogens (primary N) is 1. The van der Waals surface area contributed by atoms with Gasteiger partial charge in [-0.3, -0.25) is 11.3 Å². The maximum absolute atomic E-state index is 5.69. The van der Waals surface area contributed by atoms with E-state index in [1.165, 1.54) is 14.3 Å². The van der Waals surface area contributed by atoms with Gasteiger partial charge in [-0.15, -0.1) is 22.7 Å². The fourth-order valence-electron chi connectivity index (χ4n) is 1.97. The predicted octanol–water partition coefficient (Wildman–Crippen LogP) is 2.44. The van der Waals surface area contributed by atoms with Gasteiger partial charge >= 0.3 is 0 Å². The Labute approximate surface area is 113 Å². The molecule has 6 heteroatoms. The van der Waals surface area contributed by atoms with Crippen LogP contribution in [0.1, 0.15) is 16.7 Å². The molecule has 0 aromatic carbocycles. The second-order valence-corrected chi connectivity index (χ2v) is 6.24. The summed E-state index contributed by atoms with van der Waals surface area (Å²) in [6.45, 7) is 0. The Morgan fingerprint density at radius 1 is 1.50 bits per heavy atom. The number of hydrogen-bond donors (Lipinski definition) is 2. The Bertz CT molecular complexity index is 623. The van der Waals surface area contributed by atoms with Crippen molar-refractivity contribution in [1.82, 2.24) is 15.0 Å². The van der Waals surface area contributed by atoms with Crippen molar-refractivity contribution in [2.45, 2.75) is 12.5 Å². The van der Waals surface area contributed by atoms with E-state index in [-0.39, 0.29) is 6.04 Å². The molecule has 0 fully saturated rings. The molecule has 0 aliphatic carbocycles. The lowest BCUT2D eigenvalue weighted by atomic mass is 10.1. The van der Waals surface area contributed by atoms with E-state index in [1.807, 2.05) is 24.0 Å². The normalized spacial score (nSPS) is 13.2. The summed E-state index contributed by atoms with van der Waals surface area (Å²) in [4.78, 5) is 5.61. The molecule has 4 nitrogen and oxygen atoms in total. The molecular weight excluding hydrogens is 264 g/mol. The van der Waals surface area contributed by atoms with Crippen molar-refractivity contribution in [2.24, 2.45) is 12.9 Å². The van der Waals surface area contributed by atoms with Crippen LogP contribution >= 0.6 is 22.7 Å². The van der Waals surface area contributed by atoms with Gasteiger partial charge in [-0.05, 0) is 17.5 Å². The van der Waals surface area contributed by atoms with Crippen molar-refractivity contribution in [3.8, 4) is 0 Å². The molecule has 1 unspecified atom stereocenters. The van der Waals surface area contributed by atoms with Crippen LogP contribution in [0.4, 0.5) is 0 Å². The van der Waals surface area contributed by atoms with Crippen LogP contribution in [0.3, 0.4) is 0 Å². The third-order valence-corrected chi connectivity index (χ3v) is 5.22. The molecule has 0 amide bonds. The maximum Gasteiger partial charge on any atom is 0.110 e. The Balaban J connectivity index is 1.88. The average molecular weight is 278 g/mol. The van der Waals surface area contributed by atoms with Gasteiger partial charge in [0.05, 0.1) is 6.04 Å². The number of rotatable bonds is 4. The number of nitrogens with zero attached hydrogens (tertiary/aromatic N) is 2. The number of hydrazine groups is 1. The molecule has 3 aromatic heterocycles. The van der Waals surface area contributed by atoms with Gasteiger partial charge in [0, 0.05) is 40.1 Å². The third-order valence-electron chi connectivity index (χ3n) is 3.01. The van der Waals surface area contributed by atoms with Crippen LogP contribution in [0, 0.1) is 0 Å². The number of fused-ring (bicyclic) bond motifs is 1. The number of aryl methyl sites for hydroxylation is 1. The molecule has 18 heavy (non-hydrogen) atoms. The molecule has 0 aliphatic rings. The van der Waals surface area contributed by atoms with Gasteiger partial charge in [-0.2, -0.15) is 0 Å². The zero-order valence-corrected chi connectivity index (χ0v) is 11.6. The summed E-state index contributed by atoms with van der Waals surface area (Å²) in [6, 6.07) is 4.50. The van der Waals surface area contributed by atoms with Crippen LogP contribution in [-0.4, -0.2) is 9.55 Å². The fraction of sp³-hybridized carbons (Fsp3) is 0.250. The van der Waals surface area contributed by atoms with Gasteiger partial charge in [0.1, 0.15) is 5.82 Å². The van der Waals surface area contributed by atoms with Crippen molar-refractivity contribution in [3.05, 3.63) is 40.6 Å². The molecule has 3 aromatic rings. The summed E-state index contributed by atoms with van der Waals surface area (Å²) in [5, 5.41) is 2.12. The lowest BCUT2D eigenvalue weighted by molar-refractivity contribution is 0.538. The summed E-state index contributed by atoms with van der Waals surface area (Å²) in [5.41, 5.74) is 2.90. The van der Waals surface area contributed by atoms with Crippen LogP contribution < -0.4 is 11.3 Å². The summed E-state index contributed by atoms with van der Waals surface area (Å²) >= 11 is 3.56. The zero-order valence-electron chi connectivity index (χ0n) is 9.96. The van der Waals surface area contributed by atoms with E-state index < -0.39 is 0 Å². The topological polar surface area (TPSA) is 55.9 Å². The van der Waals surface area contributed by atoms with Crippen LogP contribution in [0.25, 0.3) is 9.40 Å². The van der Waals surface area contributed by atoms with Crippen molar-refractivity contribution in [3.63, 3.8) is 0 Å². The highest BCUT2D eigenvalue weighted by molar-refractivity contribution is 7.26. The average Bonchev–Trinajstić information content (AvgIpc) is 3.01. The smallest absolute Gasteiger partial charge is 0.110 e. The molecular formula is C12H14N4S2. The second kappa shape index (κ2) is 4.81. The summed E-state index contributed by atoms with van der Waals surface area (Å²) in [6.07, 6.45) is 4.57. The Kier molecular flexibility index (Phi) is 3.17. The van der Waals surface area contributed by atoms with Gasteiger partial charge in [0.25, 0.3) is 0 Å². The second-order valence-electron chi connectivity index (χ2n) is 4.18. The molecule has 0 saturated heterocycles. The molecule has 3 heterocycles. The molecule has 0 spiro atoms. The van der Waals surface area contributed by atoms with E-state index in [0.717, 1.165) is 12.2 Å². The van der Waals surface area contributed by atoms with Crippen molar-refractivity contribution >= 4 is 32.1 Å². The molecule has 0 bridgehead atoms. The summed E-state index contributed by atoms with van der Waals surface area (Å²) in [5.74, 6) is 6.72. The van der Waals surface area contributed by atoms with Crippen LogP contribution in [0.2, 0.25) is 0 Å². The lowest BCUT2D eigenvalue weighted by Crippen LogP contribution is -2.29. The first kappa shape index (κ1) is 11.9. The SMILES string of the molecule is Cn1ccnc1CC(NN)c1cc2sccc2s1. The Morgan fingerprint density at radius 2 is 2.39 bits per heavy atom. The molecule has 3 rings (SSSR count). The van der Waals surface area contributed by atoms with Crippen molar-refractivity contribution < 1.29 is 0 Å². The largest absolute Gasteiger partial charge is 0.338 e. The van der Waals surface area contributed by atoms with Crippen LogP contribution in [0.5, 0.6) is 0 Å². The highest BCUT2D eigenvalue weighted by atomic mass is 32.1. The third kappa shape index (κ3) is 2.08. The first-order chi connectivity index (χ1) is 8.78. The minimum atomic E-state index is 0.121. The van der Waals surface area contributed by atoms with Gasteiger partial charge in [-0.1, -0.05) is 0 Å². The fourth-order valence-corrected chi connectivity index (χ4v) is 4.15. The molecule has 0 aliphatic heterocycles.